The lowest BCUT2D eigenvalue weighted by Gasteiger charge is -2.30. The third-order valence-electron chi connectivity index (χ3n) is 4.92. The molecule has 0 radical (unpaired) electrons. The molecule has 4 heteroatoms. The highest BCUT2D eigenvalue weighted by molar-refractivity contribution is 5.60. The van der Waals surface area contributed by atoms with E-state index in [4.69, 9.17) is 4.98 Å². The first-order valence-corrected chi connectivity index (χ1v) is 9.10. The highest BCUT2D eigenvalue weighted by Crippen LogP contribution is 2.26. The van der Waals surface area contributed by atoms with Crippen molar-refractivity contribution in [1.82, 2.24) is 9.97 Å². The Bertz CT molecular complexity index is 949. The maximum absolute atomic E-state index is 4.79. The van der Waals surface area contributed by atoms with Crippen molar-refractivity contribution in [3.8, 4) is 0 Å². The largest absolute Gasteiger partial charge is 0.352 e. The molecule has 1 aliphatic rings. The molecule has 2 aromatic carbocycles. The number of nitrogens with one attached hydrogen (secondary N) is 1. The van der Waals surface area contributed by atoms with E-state index >= 15 is 0 Å². The summed E-state index contributed by atoms with van der Waals surface area (Å²) in [5, 5.41) is 3.39. The Labute approximate surface area is 154 Å². The second-order valence-electron chi connectivity index (χ2n) is 7.07. The average Bonchev–Trinajstić information content (AvgIpc) is 2.63. The molecule has 0 atom stereocenters. The summed E-state index contributed by atoms with van der Waals surface area (Å²) in [7, 11) is 0. The Balaban J connectivity index is 1.61. The van der Waals surface area contributed by atoms with Crippen LogP contribution in [0.5, 0.6) is 0 Å². The zero-order chi connectivity index (χ0) is 18.1. The lowest BCUT2D eigenvalue weighted by atomic mass is 10.00. The number of rotatable bonds is 3. The highest BCUT2D eigenvalue weighted by atomic mass is 15.2. The van der Waals surface area contributed by atoms with Crippen molar-refractivity contribution < 1.29 is 0 Å². The van der Waals surface area contributed by atoms with Gasteiger partial charge in [-0.3, -0.25) is 0 Å². The van der Waals surface area contributed by atoms with Crippen LogP contribution in [0.4, 0.5) is 17.5 Å². The second-order valence-corrected chi connectivity index (χ2v) is 7.07. The fourth-order valence-corrected chi connectivity index (χ4v) is 3.54. The predicted octanol–water partition coefficient (Wildman–Crippen LogP) is 4.71. The number of aryl methyl sites for hydroxylation is 3. The van der Waals surface area contributed by atoms with E-state index < -0.39 is 0 Å². The molecule has 0 bridgehead atoms. The minimum Gasteiger partial charge on any atom is -0.352 e. The SMILES string of the molecule is Cc1ccc(Nc2nc(C)cc(N3CCc4ccccc4C3)n2)c(C)c1. The van der Waals surface area contributed by atoms with E-state index in [0.717, 1.165) is 36.7 Å². The van der Waals surface area contributed by atoms with Gasteiger partial charge in [0.25, 0.3) is 0 Å². The van der Waals surface area contributed by atoms with Crippen molar-refractivity contribution in [1.29, 1.82) is 0 Å². The van der Waals surface area contributed by atoms with Crippen molar-refractivity contribution in [3.63, 3.8) is 0 Å². The highest BCUT2D eigenvalue weighted by Gasteiger charge is 2.18. The summed E-state index contributed by atoms with van der Waals surface area (Å²) < 4.78 is 0. The molecule has 0 unspecified atom stereocenters. The smallest absolute Gasteiger partial charge is 0.229 e. The quantitative estimate of drug-likeness (QED) is 0.747. The van der Waals surface area contributed by atoms with Crippen molar-refractivity contribution in [2.75, 3.05) is 16.8 Å². The van der Waals surface area contributed by atoms with Gasteiger partial charge >= 0.3 is 0 Å². The van der Waals surface area contributed by atoms with Crippen LogP contribution >= 0.6 is 0 Å². The van der Waals surface area contributed by atoms with Gasteiger partial charge < -0.3 is 10.2 Å². The van der Waals surface area contributed by atoms with Crippen LogP contribution in [0.3, 0.4) is 0 Å². The molecule has 0 aliphatic carbocycles. The summed E-state index contributed by atoms with van der Waals surface area (Å²) in [4.78, 5) is 11.7. The summed E-state index contributed by atoms with van der Waals surface area (Å²) >= 11 is 0. The monoisotopic (exact) mass is 344 g/mol. The summed E-state index contributed by atoms with van der Waals surface area (Å²) in [6, 6.07) is 17.1. The second kappa shape index (κ2) is 6.79. The summed E-state index contributed by atoms with van der Waals surface area (Å²) in [6.45, 7) is 8.11. The van der Waals surface area contributed by atoms with Crippen LogP contribution in [-0.2, 0) is 13.0 Å². The van der Waals surface area contributed by atoms with E-state index in [0.29, 0.717) is 5.95 Å². The van der Waals surface area contributed by atoms with Gasteiger partial charge in [-0.05, 0) is 49.9 Å². The molecular formula is C22H24N4. The van der Waals surface area contributed by atoms with Crippen LogP contribution in [0, 0.1) is 20.8 Å². The van der Waals surface area contributed by atoms with Gasteiger partial charge in [0.15, 0.2) is 0 Å². The van der Waals surface area contributed by atoms with E-state index in [9.17, 15) is 0 Å². The van der Waals surface area contributed by atoms with Crippen LogP contribution < -0.4 is 10.2 Å². The summed E-state index contributed by atoms with van der Waals surface area (Å²) in [5.74, 6) is 1.64. The van der Waals surface area contributed by atoms with Gasteiger partial charge in [0.1, 0.15) is 5.82 Å². The number of hydrogen-bond acceptors (Lipinski definition) is 4. The maximum atomic E-state index is 4.79. The number of aromatic nitrogens is 2. The van der Waals surface area contributed by atoms with Gasteiger partial charge in [-0.15, -0.1) is 0 Å². The van der Waals surface area contributed by atoms with Gasteiger partial charge in [-0.1, -0.05) is 42.0 Å². The molecule has 0 saturated heterocycles. The van der Waals surface area contributed by atoms with Gasteiger partial charge in [-0.25, -0.2) is 4.98 Å². The minimum atomic E-state index is 0.658. The molecule has 1 N–H and O–H groups in total. The number of fused-ring (bicyclic) bond motifs is 1. The molecule has 0 fully saturated rings. The molecule has 26 heavy (non-hydrogen) atoms. The van der Waals surface area contributed by atoms with E-state index in [-0.39, 0.29) is 0 Å². The summed E-state index contributed by atoms with van der Waals surface area (Å²) in [5.41, 5.74) is 7.31. The minimum absolute atomic E-state index is 0.658. The first kappa shape index (κ1) is 16.6. The fourth-order valence-electron chi connectivity index (χ4n) is 3.54. The number of benzene rings is 2. The van der Waals surface area contributed by atoms with Gasteiger partial charge in [0, 0.05) is 30.5 Å². The van der Waals surface area contributed by atoms with Crippen molar-refractivity contribution in [3.05, 3.63) is 76.5 Å². The molecule has 4 nitrogen and oxygen atoms in total. The number of hydrogen-bond donors (Lipinski definition) is 1. The molecular weight excluding hydrogens is 320 g/mol. The lowest BCUT2D eigenvalue weighted by Crippen LogP contribution is -2.31. The molecule has 0 spiro atoms. The molecule has 132 valence electrons. The topological polar surface area (TPSA) is 41.1 Å². The molecule has 3 aromatic rings. The van der Waals surface area contributed by atoms with E-state index in [1.807, 2.05) is 6.92 Å². The van der Waals surface area contributed by atoms with Gasteiger partial charge in [0.05, 0.1) is 0 Å². The normalized spacial score (nSPS) is 13.4. The molecule has 1 aromatic heterocycles. The molecule has 0 saturated carbocycles. The Morgan fingerprint density at radius 2 is 1.73 bits per heavy atom. The number of anilines is 3. The van der Waals surface area contributed by atoms with Crippen molar-refractivity contribution >= 4 is 17.5 Å². The van der Waals surface area contributed by atoms with Crippen molar-refractivity contribution in [2.24, 2.45) is 0 Å². The molecule has 4 rings (SSSR count). The van der Waals surface area contributed by atoms with Crippen LogP contribution in [0.1, 0.15) is 27.9 Å². The van der Waals surface area contributed by atoms with Gasteiger partial charge in [0.2, 0.25) is 5.95 Å². The lowest BCUT2D eigenvalue weighted by molar-refractivity contribution is 0.719. The zero-order valence-electron chi connectivity index (χ0n) is 15.6. The standard InChI is InChI=1S/C22H24N4/c1-15-8-9-20(16(2)12-15)24-22-23-17(3)13-21(25-22)26-11-10-18-6-4-5-7-19(18)14-26/h4-9,12-13H,10-11,14H2,1-3H3,(H,23,24,25). The van der Waals surface area contributed by atoms with Crippen LogP contribution in [0.15, 0.2) is 48.5 Å². The number of nitrogens with zero attached hydrogens (tertiary/aromatic N) is 3. The third-order valence-corrected chi connectivity index (χ3v) is 4.92. The summed E-state index contributed by atoms with van der Waals surface area (Å²) in [6.07, 6.45) is 1.05. The van der Waals surface area contributed by atoms with Crippen molar-refractivity contribution in [2.45, 2.75) is 33.7 Å². The van der Waals surface area contributed by atoms with E-state index in [2.05, 4.69) is 77.6 Å². The zero-order valence-corrected chi connectivity index (χ0v) is 15.6. The fraction of sp³-hybridized carbons (Fsp3) is 0.273. The Morgan fingerprint density at radius 1 is 0.923 bits per heavy atom. The first-order valence-electron chi connectivity index (χ1n) is 9.10. The predicted molar refractivity (Wildman–Crippen MR) is 107 cm³/mol. The molecule has 1 aliphatic heterocycles. The molecule has 0 amide bonds. The van der Waals surface area contributed by atoms with E-state index in [1.54, 1.807) is 0 Å². The molecule has 2 heterocycles. The average molecular weight is 344 g/mol. The Kier molecular flexibility index (Phi) is 4.33. The third kappa shape index (κ3) is 3.40. The first-order chi connectivity index (χ1) is 12.6. The Hall–Kier alpha value is -2.88. The van der Waals surface area contributed by atoms with Crippen LogP contribution in [-0.4, -0.2) is 16.5 Å². The maximum Gasteiger partial charge on any atom is 0.229 e. The van der Waals surface area contributed by atoms with Gasteiger partial charge in [-0.2, -0.15) is 4.98 Å². The van der Waals surface area contributed by atoms with Crippen LogP contribution in [0.25, 0.3) is 0 Å². The van der Waals surface area contributed by atoms with E-state index in [1.165, 1.54) is 22.3 Å². The Morgan fingerprint density at radius 3 is 2.54 bits per heavy atom. The van der Waals surface area contributed by atoms with Crippen LogP contribution in [0.2, 0.25) is 0 Å².